The molecule has 0 aromatic heterocycles. The van der Waals surface area contributed by atoms with Crippen molar-refractivity contribution in [3.63, 3.8) is 0 Å². The number of hydrogen-bond donors (Lipinski definition) is 4. The summed E-state index contributed by atoms with van der Waals surface area (Å²) >= 11 is 0. The summed E-state index contributed by atoms with van der Waals surface area (Å²) in [5, 5.41) is 10.5. The molecule has 0 bridgehead atoms. The number of amides is 4. The molecule has 9 heteroatoms. The van der Waals surface area contributed by atoms with Crippen LogP contribution in [0.1, 0.15) is 47.0 Å². The lowest BCUT2D eigenvalue weighted by Crippen LogP contribution is -2.35. The van der Waals surface area contributed by atoms with Gasteiger partial charge in [-0.05, 0) is 12.0 Å². The number of carbonyl (C=O) groups is 5. The molecular formula is C20H34N4O5. The molecule has 0 fully saturated rings. The summed E-state index contributed by atoms with van der Waals surface area (Å²) in [6.07, 6.45) is 2.74. The van der Waals surface area contributed by atoms with Gasteiger partial charge < -0.3 is 21.3 Å². The highest BCUT2D eigenvalue weighted by atomic mass is 16.2. The first-order chi connectivity index (χ1) is 13.6. The summed E-state index contributed by atoms with van der Waals surface area (Å²) in [5.41, 5.74) is 0. The Morgan fingerprint density at radius 2 is 1.10 bits per heavy atom. The summed E-state index contributed by atoms with van der Waals surface area (Å²) < 4.78 is 0. The van der Waals surface area contributed by atoms with Crippen molar-refractivity contribution in [1.82, 2.24) is 21.3 Å². The molecule has 0 rings (SSSR count). The van der Waals surface area contributed by atoms with Crippen molar-refractivity contribution >= 4 is 29.4 Å². The van der Waals surface area contributed by atoms with E-state index in [9.17, 15) is 24.0 Å². The predicted molar refractivity (Wildman–Crippen MR) is 110 cm³/mol. The Bertz CT molecular complexity index is 600. The summed E-state index contributed by atoms with van der Waals surface area (Å²) in [6.45, 7) is 8.61. The zero-order valence-electron chi connectivity index (χ0n) is 17.8. The van der Waals surface area contributed by atoms with Crippen LogP contribution < -0.4 is 21.3 Å². The monoisotopic (exact) mass is 410 g/mol. The normalized spacial score (nSPS) is 10.8. The van der Waals surface area contributed by atoms with Gasteiger partial charge in [-0.25, -0.2) is 0 Å². The molecule has 0 aliphatic carbocycles. The van der Waals surface area contributed by atoms with Crippen molar-refractivity contribution in [3.8, 4) is 0 Å². The van der Waals surface area contributed by atoms with Crippen LogP contribution >= 0.6 is 0 Å². The number of rotatable bonds is 14. The fraction of sp³-hybridized carbons (Fsp3) is 0.650. The van der Waals surface area contributed by atoms with Crippen molar-refractivity contribution in [2.24, 2.45) is 11.8 Å². The Kier molecular flexibility index (Phi) is 13.8. The smallest absolute Gasteiger partial charge is 0.244 e. The number of allylic oxidation sites excluding steroid dienone is 1. The molecule has 0 saturated carbocycles. The maximum Gasteiger partial charge on any atom is 0.244 e. The SMILES string of the molecule is CC(C)CNC(=O)CCNC(=O)CCNC(=O)CCNC(=O)/C=C/C(=O)C(C)C. The molecule has 0 aliphatic heterocycles. The molecule has 4 N–H and O–H groups in total. The zero-order valence-corrected chi connectivity index (χ0v) is 17.8. The minimum atomic E-state index is -0.441. The van der Waals surface area contributed by atoms with Gasteiger partial charge in [0.2, 0.25) is 23.6 Å². The van der Waals surface area contributed by atoms with Gasteiger partial charge >= 0.3 is 0 Å². The Hall–Kier alpha value is -2.71. The topological polar surface area (TPSA) is 133 Å². The van der Waals surface area contributed by atoms with Crippen LogP contribution in [-0.2, 0) is 24.0 Å². The maximum atomic E-state index is 11.7. The highest BCUT2D eigenvalue weighted by Crippen LogP contribution is 1.95. The largest absolute Gasteiger partial charge is 0.356 e. The Labute approximate surface area is 172 Å². The van der Waals surface area contributed by atoms with Gasteiger partial charge in [-0.15, -0.1) is 0 Å². The first-order valence-corrected chi connectivity index (χ1v) is 9.91. The standard InChI is InChI=1S/C20H34N4O5/c1-14(2)13-24-20(29)9-12-23-19(28)8-11-22-18(27)7-10-21-17(26)6-5-16(25)15(3)4/h5-6,14-15H,7-13H2,1-4H3,(H,21,26)(H,22,27)(H,23,28)(H,24,29)/b6-5+. The van der Waals surface area contributed by atoms with E-state index < -0.39 is 5.91 Å². The van der Waals surface area contributed by atoms with E-state index in [2.05, 4.69) is 21.3 Å². The molecule has 29 heavy (non-hydrogen) atoms. The average Bonchev–Trinajstić information content (AvgIpc) is 2.64. The van der Waals surface area contributed by atoms with E-state index in [4.69, 9.17) is 0 Å². The average molecular weight is 411 g/mol. The Morgan fingerprint density at radius 1 is 0.655 bits per heavy atom. The molecule has 0 aliphatic rings. The molecule has 0 atom stereocenters. The van der Waals surface area contributed by atoms with Crippen LogP contribution in [0, 0.1) is 11.8 Å². The van der Waals surface area contributed by atoms with Gasteiger partial charge in [-0.1, -0.05) is 27.7 Å². The summed E-state index contributed by atoms with van der Waals surface area (Å²) in [6, 6.07) is 0. The van der Waals surface area contributed by atoms with E-state index in [0.717, 1.165) is 6.08 Å². The number of nitrogens with one attached hydrogen (secondary N) is 4. The van der Waals surface area contributed by atoms with Gasteiger partial charge in [0.1, 0.15) is 0 Å². The van der Waals surface area contributed by atoms with Gasteiger partial charge in [-0.3, -0.25) is 24.0 Å². The van der Waals surface area contributed by atoms with Crippen LogP contribution in [0.25, 0.3) is 0 Å². The fourth-order valence-corrected chi connectivity index (χ4v) is 1.92. The van der Waals surface area contributed by atoms with Crippen LogP contribution in [0.4, 0.5) is 0 Å². The fourth-order valence-electron chi connectivity index (χ4n) is 1.92. The highest BCUT2D eigenvalue weighted by Gasteiger charge is 2.07. The van der Waals surface area contributed by atoms with E-state index in [0.29, 0.717) is 12.5 Å². The third-order valence-electron chi connectivity index (χ3n) is 3.68. The Morgan fingerprint density at radius 3 is 1.55 bits per heavy atom. The van der Waals surface area contributed by atoms with Crippen molar-refractivity contribution in [3.05, 3.63) is 12.2 Å². The van der Waals surface area contributed by atoms with Crippen molar-refractivity contribution in [2.75, 3.05) is 26.2 Å². The number of carbonyl (C=O) groups excluding carboxylic acids is 5. The van der Waals surface area contributed by atoms with Crippen molar-refractivity contribution in [1.29, 1.82) is 0 Å². The van der Waals surface area contributed by atoms with Gasteiger partial charge in [0.15, 0.2) is 5.78 Å². The third-order valence-corrected chi connectivity index (χ3v) is 3.68. The molecule has 0 unspecified atom stereocenters. The molecule has 0 heterocycles. The van der Waals surface area contributed by atoms with E-state index in [1.807, 2.05) is 13.8 Å². The van der Waals surface area contributed by atoms with Crippen LogP contribution in [-0.4, -0.2) is 55.6 Å². The second kappa shape index (κ2) is 15.2. The van der Waals surface area contributed by atoms with Gasteiger partial charge in [0.05, 0.1) is 0 Å². The van der Waals surface area contributed by atoms with E-state index in [1.54, 1.807) is 13.8 Å². The summed E-state index contributed by atoms with van der Waals surface area (Å²) in [4.78, 5) is 57.7. The van der Waals surface area contributed by atoms with E-state index >= 15 is 0 Å². The van der Waals surface area contributed by atoms with Crippen LogP contribution in [0.5, 0.6) is 0 Å². The van der Waals surface area contributed by atoms with Crippen LogP contribution in [0.15, 0.2) is 12.2 Å². The molecule has 0 saturated heterocycles. The zero-order chi connectivity index (χ0) is 22.2. The molecule has 0 spiro atoms. The van der Waals surface area contributed by atoms with E-state index in [1.165, 1.54) is 6.08 Å². The Balaban J connectivity index is 3.77. The molecule has 0 aromatic carbocycles. The van der Waals surface area contributed by atoms with Crippen LogP contribution in [0.3, 0.4) is 0 Å². The quantitative estimate of drug-likeness (QED) is 0.301. The molecule has 164 valence electrons. The number of hydrogen-bond acceptors (Lipinski definition) is 5. The van der Waals surface area contributed by atoms with Crippen LogP contribution in [0.2, 0.25) is 0 Å². The summed E-state index contributed by atoms with van der Waals surface area (Å²) in [7, 11) is 0. The molecular weight excluding hydrogens is 376 g/mol. The van der Waals surface area contributed by atoms with Crippen molar-refractivity contribution in [2.45, 2.75) is 47.0 Å². The predicted octanol–water partition coefficient (Wildman–Crippen LogP) is 0.0588. The molecule has 0 radical (unpaired) electrons. The highest BCUT2D eigenvalue weighted by molar-refractivity contribution is 5.98. The van der Waals surface area contributed by atoms with Gasteiger partial charge in [-0.2, -0.15) is 0 Å². The molecule has 4 amide bonds. The first kappa shape index (κ1) is 26.3. The lowest BCUT2D eigenvalue weighted by molar-refractivity contribution is -0.122. The second-order valence-electron chi connectivity index (χ2n) is 7.33. The lowest BCUT2D eigenvalue weighted by Gasteiger charge is -2.09. The minimum Gasteiger partial charge on any atom is -0.356 e. The minimum absolute atomic E-state index is 0.0648. The first-order valence-electron chi connectivity index (χ1n) is 9.91. The lowest BCUT2D eigenvalue weighted by atomic mass is 10.1. The van der Waals surface area contributed by atoms with Gasteiger partial charge in [0, 0.05) is 57.4 Å². The van der Waals surface area contributed by atoms with E-state index in [-0.39, 0.29) is 68.3 Å². The maximum absolute atomic E-state index is 11.7. The van der Waals surface area contributed by atoms with Gasteiger partial charge in [0.25, 0.3) is 0 Å². The van der Waals surface area contributed by atoms with Crippen molar-refractivity contribution < 1.29 is 24.0 Å². The second-order valence-corrected chi connectivity index (χ2v) is 7.33. The summed E-state index contributed by atoms with van der Waals surface area (Å²) in [5.74, 6) is -1.06. The molecule has 9 nitrogen and oxygen atoms in total. The third kappa shape index (κ3) is 16.0. The molecule has 0 aromatic rings. The number of ketones is 1.